The highest BCUT2D eigenvalue weighted by Crippen LogP contribution is 2.31. The highest BCUT2D eigenvalue weighted by molar-refractivity contribution is 5.61. The number of aliphatic hydroxyl groups excluding tert-OH is 10. The maximum atomic E-state index is 11.2. The average molecular weight is 728 g/mol. The fourth-order valence-electron chi connectivity index (χ4n) is 5.96. The van der Waals surface area contributed by atoms with E-state index in [2.05, 4.69) is 25.8 Å². The number of nitrogens with zero attached hydrogens (tertiary/aromatic N) is 2. The third-order valence-corrected chi connectivity index (χ3v) is 9.06. The van der Waals surface area contributed by atoms with Crippen LogP contribution in [-0.2, 0) is 19.6 Å². The number of aliphatic hydroxyl groups is 10. The number of phenols is 2. The van der Waals surface area contributed by atoms with Crippen molar-refractivity contribution in [3.63, 3.8) is 0 Å². The van der Waals surface area contributed by atoms with Crippen molar-refractivity contribution in [1.29, 1.82) is 0 Å². The zero-order valence-corrected chi connectivity index (χ0v) is 29.2. The van der Waals surface area contributed by atoms with Gasteiger partial charge in [-0.25, -0.2) is 0 Å². The minimum atomic E-state index is -1.79. The highest BCUT2D eigenvalue weighted by Gasteiger charge is 2.31. The van der Waals surface area contributed by atoms with Crippen molar-refractivity contribution in [2.24, 2.45) is 0 Å². The van der Waals surface area contributed by atoms with Crippen molar-refractivity contribution in [3.05, 3.63) is 52.1 Å². The summed E-state index contributed by atoms with van der Waals surface area (Å²) in [5, 5.41) is 129. The van der Waals surface area contributed by atoms with Gasteiger partial charge in [0, 0.05) is 82.1 Å². The molecule has 2 aromatic rings. The molecule has 17 nitrogen and oxygen atoms in total. The van der Waals surface area contributed by atoms with Gasteiger partial charge in [0.05, 0.1) is 25.0 Å². The number of hydrogen-bond donors (Lipinski definition) is 15. The second-order valence-corrected chi connectivity index (χ2v) is 13.3. The van der Waals surface area contributed by atoms with Gasteiger partial charge in [-0.3, -0.25) is 15.1 Å². The number of anilines is 1. The van der Waals surface area contributed by atoms with Crippen LogP contribution in [0.1, 0.15) is 27.8 Å². The number of aromatic hydroxyl groups is 2. The van der Waals surface area contributed by atoms with Crippen LogP contribution in [0, 0.1) is 13.8 Å². The van der Waals surface area contributed by atoms with Gasteiger partial charge in [-0.1, -0.05) is 23.8 Å². The standard InChI is InChI=1S/C34H57N5O12/c1-19-9-21(13-37-34(51)33(50)32(49)27(44)18-41)28(45)22(10-19)15-38-5-3-35-4-6-39(8-7-38)16-23-11-20(2)12-24(29(23)46)36-14-25(42)30(47)31(48)26(43)17-40/h9-12,25-27,30-37,40-51H,3-8,13-18H2,1-2H3. The minimum absolute atomic E-state index is 0.0110. The van der Waals surface area contributed by atoms with E-state index in [1.165, 1.54) is 0 Å². The molecular weight excluding hydrogens is 670 g/mol. The van der Waals surface area contributed by atoms with Crippen molar-refractivity contribution in [3.8, 4) is 11.5 Å². The molecule has 15 N–H and O–H groups in total. The monoisotopic (exact) mass is 727 g/mol. The van der Waals surface area contributed by atoms with Crippen molar-refractivity contribution >= 4 is 5.69 Å². The first kappa shape index (κ1) is 42.7. The van der Waals surface area contributed by atoms with E-state index in [-0.39, 0.29) is 24.6 Å². The van der Waals surface area contributed by atoms with Crippen LogP contribution >= 0.6 is 0 Å². The van der Waals surface area contributed by atoms with E-state index in [0.717, 1.165) is 11.1 Å². The van der Waals surface area contributed by atoms with E-state index >= 15 is 0 Å². The van der Waals surface area contributed by atoms with E-state index in [1.807, 2.05) is 26.0 Å². The lowest BCUT2D eigenvalue weighted by Crippen LogP contribution is -2.51. The summed E-state index contributed by atoms with van der Waals surface area (Å²) < 4.78 is 0. The molecule has 1 aliphatic heterocycles. The van der Waals surface area contributed by atoms with Crippen molar-refractivity contribution in [2.75, 3.05) is 64.3 Å². The lowest BCUT2D eigenvalue weighted by Gasteiger charge is -2.28. The second-order valence-electron chi connectivity index (χ2n) is 13.3. The molecule has 2 aromatic carbocycles. The first-order chi connectivity index (χ1) is 24.2. The molecule has 51 heavy (non-hydrogen) atoms. The third-order valence-electron chi connectivity index (χ3n) is 9.06. The Morgan fingerprint density at radius 1 is 0.627 bits per heavy atom. The molecular formula is C34H57N5O12. The van der Waals surface area contributed by atoms with Gasteiger partial charge in [0.2, 0.25) is 0 Å². The molecule has 0 aliphatic carbocycles. The Labute approximate surface area is 297 Å². The Bertz CT molecular complexity index is 1260. The molecule has 0 saturated carbocycles. The minimum Gasteiger partial charge on any atom is -0.507 e. The maximum Gasteiger partial charge on any atom is 0.143 e. The van der Waals surface area contributed by atoms with Gasteiger partial charge in [0.1, 0.15) is 54.4 Å². The van der Waals surface area contributed by atoms with Gasteiger partial charge in [0.15, 0.2) is 0 Å². The fourth-order valence-corrected chi connectivity index (χ4v) is 5.96. The predicted molar refractivity (Wildman–Crippen MR) is 187 cm³/mol. The number of hydrogen-bond acceptors (Lipinski definition) is 17. The predicted octanol–water partition coefficient (Wildman–Crippen LogP) is -4.05. The molecule has 8 atom stereocenters. The van der Waals surface area contributed by atoms with Crippen LogP contribution in [0.5, 0.6) is 11.5 Å². The summed E-state index contributed by atoms with van der Waals surface area (Å²) in [7, 11) is 0. The summed E-state index contributed by atoms with van der Waals surface area (Å²) in [5.74, 6) is -0.0256. The van der Waals surface area contributed by atoms with Crippen LogP contribution in [-0.4, -0.2) is 179 Å². The Morgan fingerprint density at radius 3 is 1.65 bits per heavy atom. The number of phenolic OH excluding ortho intramolecular Hbond substituents is 2. The van der Waals surface area contributed by atoms with Gasteiger partial charge in [0.25, 0.3) is 0 Å². The van der Waals surface area contributed by atoms with E-state index in [1.54, 1.807) is 12.1 Å². The van der Waals surface area contributed by atoms with E-state index in [4.69, 9.17) is 10.2 Å². The van der Waals surface area contributed by atoms with Crippen LogP contribution in [0.15, 0.2) is 24.3 Å². The summed E-state index contributed by atoms with van der Waals surface area (Å²) in [6.07, 6.45) is -13.5. The molecule has 1 fully saturated rings. The number of nitrogens with one attached hydrogen (secondary N) is 3. The first-order valence-electron chi connectivity index (χ1n) is 17.1. The van der Waals surface area contributed by atoms with Crippen LogP contribution < -0.4 is 16.0 Å². The lowest BCUT2D eigenvalue weighted by atomic mass is 10.0. The molecule has 1 aliphatic rings. The van der Waals surface area contributed by atoms with Crippen LogP contribution in [0.25, 0.3) is 0 Å². The molecule has 1 saturated heterocycles. The molecule has 0 spiro atoms. The van der Waals surface area contributed by atoms with Crippen molar-refractivity contribution < 1.29 is 61.3 Å². The Hall–Kier alpha value is -2.72. The summed E-state index contributed by atoms with van der Waals surface area (Å²) in [6.45, 7) is 6.66. The SMILES string of the molecule is Cc1cc(CNC(O)C(O)C(O)C(O)CO)c(O)c(CN2CCNCCN(Cc3cc(C)cc(NCC(O)C(O)C(O)C(O)CO)c3O)CC2)c1. The lowest BCUT2D eigenvalue weighted by molar-refractivity contribution is -0.122. The average Bonchev–Trinajstić information content (AvgIpc) is 3.22. The summed E-state index contributed by atoms with van der Waals surface area (Å²) in [6, 6.07) is 7.15. The summed E-state index contributed by atoms with van der Waals surface area (Å²) in [4.78, 5) is 4.36. The van der Waals surface area contributed by atoms with Crippen molar-refractivity contribution in [1.82, 2.24) is 20.4 Å². The molecule has 3 rings (SSSR count). The van der Waals surface area contributed by atoms with E-state index < -0.39 is 62.2 Å². The number of aryl methyl sites for hydroxylation is 2. The zero-order valence-electron chi connectivity index (χ0n) is 29.2. The molecule has 8 unspecified atom stereocenters. The maximum absolute atomic E-state index is 11.2. The largest absolute Gasteiger partial charge is 0.507 e. The zero-order chi connectivity index (χ0) is 37.8. The van der Waals surface area contributed by atoms with Crippen LogP contribution in [0.3, 0.4) is 0 Å². The highest BCUT2D eigenvalue weighted by atomic mass is 16.4. The third kappa shape index (κ3) is 12.4. The Kier molecular flexibility index (Phi) is 17.2. The number of rotatable bonds is 18. The Morgan fingerprint density at radius 2 is 1.10 bits per heavy atom. The Balaban J connectivity index is 1.66. The second kappa shape index (κ2) is 20.5. The van der Waals surface area contributed by atoms with Gasteiger partial charge >= 0.3 is 0 Å². The topological polar surface area (TPSA) is 285 Å². The molecule has 0 amide bonds. The van der Waals surface area contributed by atoms with Gasteiger partial charge in [-0.2, -0.15) is 0 Å². The van der Waals surface area contributed by atoms with Crippen LogP contribution in [0.4, 0.5) is 5.69 Å². The van der Waals surface area contributed by atoms with Crippen molar-refractivity contribution in [2.45, 2.75) is 82.4 Å². The quantitative estimate of drug-likeness (QED) is 0.0514. The number of benzene rings is 2. The van der Waals surface area contributed by atoms with E-state index in [9.17, 15) is 51.1 Å². The van der Waals surface area contributed by atoms with Gasteiger partial charge in [-0.05, 0) is 25.5 Å². The van der Waals surface area contributed by atoms with Gasteiger partial charge in [-0.15, -0.1) is 0 Å². The molecule has 1 heterocycles. The molecule has 290 valence electrons. The normalized spacial score (nSPS) is 19.9. The summed E-state index contributed by atoms with van der Waals surface area (Å²) in [5.41, 5.74) is 3.75. The summed E-state index contributed by atoms with van der Waals surface area (Å²) >= 11 is 0. The fraction of sp³-hybridized carbons (Fsp3) is 0.647. The molecule has 0 aromatic heterocycles. The van der Waals surface area contributed by atoms with Gasteiger partial charge < -0.3 is 71.9 Å². The van der Waals surface area contributed by atoms with E-state index in [0.29, 0.717) is 74.7 Å². The van der Waals surface area contributed by atoms with Crippen LogP contribution in [0.2, 0.25) is 0 Å². The molecule has 17 heteroatoms. The smallest absolute Gasteiger partial charge is 0.143 e. The molecule has 0 radical (unpaired) electrons. The first-order valence-corrected chi connectivity index (χ1v) is 17.1. The molecule has 0 bridgehead atoms.